The van der Waals surface area contributed by atoms with Crippen molar-refractivity contribution in [3.8, 4) is 0 Å². The summed E-state index contributed by atoms with van der Waals surface area (Å²) in [7, 11) is -15.4. The summed E-state index contributed by atoms with van der Waals surface area (Å²) >= 11 is 0. The van der Waals surface area contributed by atoms with E-state index in [9.17, 15) is 28.6 Å². The molecule has 2 aromatic heterocycles. The molecule has 180 valence electrons. The highest BCUT2D eigenvalue weighted by atomic mass is 31.3. The van der Waals surface area contributed by atoms with E-state index >= 15 is 0 Å². The summed E-state index contributed by atoms with van der Waals surface area (Å²) in [6.45, 7) is -0.820. The van der Waals surface area contributed by atoms with Gasteiger partial charge in [-0.1, -0.05) is 0 Å². The van der Waals surface area contributed by atoms with Gasteiger partial charge in [-0.2, -0.15) is 8.62 Å². The van der Waals surface area contributed by atoms with Crippen LogP contribution in [0.25, 0.3) is 11.2 Å². The number of nitrogens with two attached hydrogens (primary N) is 1. The van der Waals surface area contributed by atoms with Crippen LogP contribution in [0.5, 0.6) is 0 Å². The van der Waals surface area contributed by atoms with Crippen LogP contribution in [0.2, 0.25) is 0 Å². The molecule has 0 saturated carbocycles. The maximum absolute atomic E-state index is 11.9. The molecule has 21 heteroatoms. The molecule has 3 rings (SSSR count). The Labute approximate surface area is 178 Å². The van der Waals surface area contributed by atoms with Crippen molar-refractivity contribution in [2.24, 2.45) is 0 Å². The van der Waals surface area contributed by atoms with Crippen molar-refractivity contribution < 1.29 is 61.0 Å². The van der Waals surface area contributed by atoms with Crippen molar-refractivity contribution >= 4 is 40.4 Å². The number of hydrogen-bond acceptors (Lipinski definition) is 13. The lowest BCUT2D eigenvalue weighted by atomic mass is 10.1. The highest BCUT2D eigenvalue weighted by molar-refractivity contribution is 7.66. The summed E-state index contributed by atoms with van der Waals surface area (Å²) < 4.78 is 57.9. The average Bonchev–Trinajstić information content (AvgIpc) is 3.18. The van der Waals surface area contributed by atoms with E-state index < -0.39 is 54.6 Å². The van der Waals surface area contributed by atoms with E-state index in [1.165, 1.54) is 18.0 Å². The topological polar surface area (TPSA) is 268 Å². The smallest absolute Gasteiger partial charge is 0.386 e. The largest absolute Gasteiger partial charge is 0.490 e. The summed E-state index contributed by atoms with van der Waals surface area (Å²) in [5, 5.41) is 10.6. The number of anilines is 1. The second kappa shape index (κ2) is 9.12. The number of aromatic nitrogens is 4. The number of nitrogens with zero attached hydrogens (tertiary/aromatic N) is 4. The Morgan fingerprint density at radius 3 is 2.44 bits per heavy atom. The van der Waals surface area contributed by atoms with Gasteiger partial charge in [0, 0.05) is 7.11 Å². The maximum Gasteiger partial charge on any atom is 0.490 e. The second-order valence-corrected chi connectivity index (χ2v) is 10.6. The highest BCUT2D eigenvalue weighted by Gasteiger charge is 2.47. The van der Waals surface area contributed by atoms with E-state index in [0.717, 1.165) is 6.33 Å². The van der Waals surface area contributed by atoms with E-state index in [2.05, 4.69) is 28.1 Å². The van der Waals surface area contributed by atoms with Crippen LogP contribution >= 0.6 is 23.5 Å². The highest BCUT2D eigenvalue weighted by Crippen LogP contribution is 2.66. The number of nitrogen functional groups attached to an aromatic ring is 1. The van der Waals surface area contributed by atoms with Crippen molar-refractivity contribution in [3.63, 3.8) is 0 Å². The molecular formula is C11H18N5O13P3. The lowest BCUT2D eigenvalue weighted by Crippen LogP contribution is -2.35. The third kappa shape index (κ3) is 5.76. The molecule has 0 bridgehead atoms. The number of phosphoric acid groups is 3. The number of rotatable bonds is 9. The van der Waals surface area contributed by atoms with Crippen molar-refractivity contribution in [1.29, 1.82) is 0 Å². The Morgan fingerprint density at radius 1 is 1.12 bits per heavy atom. The summed E-state index contributed by atoms with van der Waals surface area (Å²) in [6.07, 6.45) is -2.43. The van der Waals surface area contributed by atoms with E-state index in [4.69, 9.17) is 25.0 Å². The van der Waals surface area contributed by atoms with Crippen LogP contribution in [-0.2, 0) is 36.3 Å². The van der Waals surface area contributed by atoms with Crippen LogP contribution in [0.1, 0.15) is 6.23 Å². The second-order valence-electron chi connectivity index (χ2n) is 6.23. The first kappa shape index (κ1) is 25.3. The summed E-state index contributed by atoms with van der Waals surface area (Å²) in [5.41, 5.74) is 6.16. The molecular weight excluding hydrogens is 503 g/mol. The predicted molar refractivity (Wildman–Crippen MR) is 100 cm³/mol. The van der Waals surface area contributed by atoms with Gasteiger partial charge < -0.3 is 39.9 Å². The minimum absolute atomic E-state index is 0.0775. The number of fused-ring (bicyclic) bond motifs is 1. The van der Waals surface area contributed by atoms with Gasteiger partial charge in [-0.3, -0.25) is 9.09 Å². The van der Waals surface area contributed by atoms with E-state index in [0.29, 0.717) is 0 Å². The van der Waals surface area contributed by atoms with Gasteiger partial charge in [-0.15, -0.1) is 0 Å². The first-order valence-corrected chi connectivity index (χ1v) is 12.8. The van der Waals surface area contributed by atoms with E-state index in [-0.39, 0.29) is 17.0 Å². The number of phosphoric ester groups is 1. The van der Waals surface area contributed by atoms with Gasteiger partial charge in [-0.05, 0) is 0 Å². The fraction of sp³-hybridized carbons (Fsp3) is 0.545. The minimum Gasteiger partial charge on any atom is -0.386 e. The molecule has 2 aromatic rings. The Hall–Kier alpha value is -1.36. The lowest BCUT2D eigenvalue weighted by Gasteiger charge is -2.20. The number of imidazole rings is 1. The molecule has 1 fully saturated rings. The molecule has 1 saturated heterocycles. The molecule has 0 spiro atoms. The van der Waals surface area contributed by atoms with Gasteiger partial charge >= 0.3 is 23.5 Å². The standard InChI is InChI=1S/C11H18N5O13P3/c1-25-8-5(2-26-31(21,22)29-32(23,24)28-30(18,19)20)27-11(7(8)17)16-4-15-6-9(12)13-3-14-10(6)16/h3-5,7-8,11,17H,2H2,1H3,(H,21,22)(H,23,24)(H2,12,13,14)(H2,18,19,20)/t5-,7-,8-,11-/m1/s1. The molecule has 7 N–H and O–H groups in total. The molecule has 1 aliphatic rings. The third-order valence-electron chi connectivity index (χ3n) is 4.06. The van der Waals surface area contributed by atoms with Crippen molar-refractivity contribution in [2.45, 2.75) is 24.5 Å². The van der Waals surface area contributed by atoms with Gasteiger partial charge in [0.1, 0.15) is 30.2 Å². The summed E-state index contributed by atoms with van der Waals surface area (Å²) in [5.74, 6) is 0.0775. The summed E-state index contributed by atoms with van der Waals surface area (Å²) in [6, 6.07) is 0. The molecule has 18 nitrogen and oxygen atoms in total. The van der Waals surface area contributed by atoms with Crippen LogP contribution in [0.15, 0.2) is 12.7 Å². The molecule has 0 radical (unpaired) electrons. The third-order valence-corrected chi connectivity index (χ3v) is 7.86. The molecule has 0 aliphatic carbocycles. The average molecular weight is 521 g/mol. The number of methoxy groups -OCH3 is 1. The molecule has 3 heterocycles. The van der Waals surface area contributed by atoms with Crippen LogP contribution < -0.4 is 5.73 Å². The van der Waals surface area contributed by atoms with Gasteiger partial charge in [0.2, 0.25) is 0 Å². The molecule has 0 amide bonds. The van der Waals surface area contributed by atoms with E-state index in [1.54, 1.807) is 0 Å². The Bertz CT molecular complexity index is 1120. The normalized spacial score (nSPS) is 27.9. The zero-order valence-corrected chi connectivity index (χ0v) is 18.6. The van der Waals surface area contributed by atoms with Crippen LogP contribution in [0, 0.1) is 0 Å². The van der Waals surface area contributed by atoms with Crippen LogP contribution in [-0.4, -0.2) is 76.2 Å². The number of ether oxygens (including phenoxy) is 2. The van der Waals surface area contributed by atoms with Gasteiger partial charge in [0.05, 0.1) is 12.9 Å². The molecule has 0 aromatic carbocycles. The monoisotopic (exact) mass is 521 g/mol. The first-order valence-electron chi connectivity index (χ1n) is 8.31. The first-order chi connectivity index (χ1) is 14.7. The van der Waals surface area contributed by atoms with Gasteiger partial charge in [0.15, 0.2) is 17.7 Å². The molecule has 32 heavy (non-hydrogen) atoms. The Kier molecular flexibility index (Phi) is 7.20. The number of hydrogen-bond donors (Lipinski definition) is 6. The van der Waals surface area contributed by atoms with Crippen molar-refractivity contribution in [2.75, 3.05) is 19.5 Å². The molecule has 6 atom stereocenters. The fourth-order valence-electron chi connectivity index (χ4n) is 2.90. The number of aliphatic hydroxyl groups excluding tert-OH is 1. The van der Waals surface area contributed by atoms with Crippen molar-refractivity contribution in [1.82, 2.24) is 19.5 Å². The Morgan fingerprint density at radius 2 is 1.81 bits per heavy atom. The maximum atomic E-state index is 11.9. The van der Waals surface area contributed by atoms with Crippen LogP contribution in [0.3, 0.4) is 0 Å². The molecule has 1 aliphatic heterocycles. The molecule has 2 unspecified atom stereocenters. The SMILES string of the molecule is CO[C@H]1[C@@H](O)[C@H](n2cnc3c(N)ncnc32)O[C@@H]1COP(=O)(O)OP(=O)(O)OP(=O)(O)O. The van der Waals surface area contributed by atoms with Crippen LogP contribution in [0.4, 0.5) is 5.82 Å². The Balaban J connectivity index is 1.73. The summed E-state index contributed by atoms with van der Waals surface area (Å²) in [4.78, 5) is 47.7. The quantitative estimate of drug-likeness (QED) is 0.216. The van der Waals surface area contributed by atoms with Gasteiger partial charge in [-0.25, -0.2) is 28.6 Å². The van der Waals surface area contributed by atoms with Crippen molar-refractivity contribution in [3.05, 3.63) is 12.7 Å². The van der Waals surface area contributed by atoms with E-state index in [1.807, 2.05) is 0 Å². The lowest BCUT2D eigenvalue weighted by molar-refractivity contribution is -0.0526. The zero-order chi connectivity index (χ0) is 23.9. The zero-order valence-electron chi connectivity index (χ0n) is 15.9. The minimum atomic E-state index is -5.68. The predicted octanol–water partition coefficient (Wildman–Crippen LogP) is -0.975. The fourth-order valence-corrected chi connectivity index (χ4v) is 5.93. The van der Waals surface area contributed by atoms with Gasteiger partial charge in [0.25, 0.3) is 0 Å². The number of aliphatic hydroxyl groups is 1.